The van der Waals surface area contributed by atoms with Crippen LogP contribution in [0.25, 0.3) is 11.0 Å². The van der Waals surface area contributed by atoms with Crippen LogP contribution in [0.3, 0.4) is 0 Å². The Kier molecular flexibility index (Phi) is 3.36. The zero-order chi connectivity index (χ0) is 15.0. The zero-order valence-corrected chi connectivity index (χ0v) is 12.8. The van der Waals surface area contributed by atoms with Crippen LogP contribution in [0.15, 0.2) is 51.4 Å². The first-order valence-electron chi connectivity index (χ1n) is 6.33. The summed E-state index contributed by atoms with van der Waals surface area (Å²) in [5.74, 6) is 0.113. The van der Waals surface area contributed by atoms with Crippen LogP contribution < -0.4 is 0 Å². The topological polar surface area (TPSA) is 54.0 Å². The van der Waals surface area contributed by atoms with Crippen LogP contribution >= 0.6 is 15.9 Å². The summed E-state index contributed by atoms with van der Waals surface area (Å²) in [6.45, 7) is 1.94. The molecule has 1 aromatic heterocycles. The van der Waals surface area contributed by atoms with Gasteiger partial charge in [-0.25, -0.2) is 0 Å². The summed E-state index contributed by atoms with van der Waals surface area (Å²) in [6, 6.07) is 14.2. The third-order valence-electron chi connectivity index (χ3n) is 3.27. The smallest absolute Gasteiger partial charge is 0.228 e. The van der Waals surface area contributed by atoms with Gasteiger partial charge in [-0.2, -0.15) is 5.26 Å². The fourth-order valence-electron chi connectivity index (χ4n) is 2.23. The summed E-state index contributed by atoms with van der Waals surface area (Å²) in [6.07, 6.45) is 0. The van der Waals surface area contributed by atoms with Gasteiger partial charge in [-0.3, -0.25) is 4.79 Å². The van der Waals surface area contributed by atoms with Gasteiger partial charge in [-0.15, -0.1) is 0 Å². The van der Waals surface area contributed by atoms with Crippen LogP contribution in [-0.2, 0) is 0 Å². The van der Waals surface area contributed by atoms with Gasteiger partial charge in [0, 0.05) is 15.4 Å². The van der Waals surface area contributed by atoms with E-state index in [0.29, 0.717) is 16.9 Å². The maximum Gasteiger partial charge on any atom is 0.228 e. The van der Waals surface area contributed by atoms with Crippen molar-refractivity contribution in [1.29, 1.82) is 5.26 Å². The number of carbonyl (C=O) groups excluding carboxylic acids is 1. The highest BCUT2D eigenvalue weighted by atomic mass is 79.9. The predicted molar refractivity (Wildman–Crippen MR) is 83.2 cm³/mol. The van der Waals surface area contributed by atoms with Crippen molar-refractivity contribution in [3.8, 4) is 6.07 Å². The lowest BCUT2D eigenvalue weighted by Crippen LogP contribution is -1.99. The van der Waals surface area contributed by atoms with Crippen molar-refractivity contribution >= 4 is 32.7 Å². The number of hydrogen-bond donors (Lipinski definition) is 0. The molecule has 102 valence electrons. The van der Waals surface area contributed by atoms with Crippen molar-refractivity contribution in [2.45, 2.75) is 6.92 Å². The number of carbonyl (C=O) groups is 1. The van der Waals surface area contributed by atoms with E-state index in [1.165, 1.54) is 0 Å². The molecule has 3 rings (SSSR count). The standard InChI is InChI=1S/C17H10BrNO2/c1-10-6-14(18)7-13-8-15(21-17(10)13)16(20)12-4-2-11(9-19)3-5-12/h2-8H,1H3. The SMILES string of the molecule is Cc1cc(Br)cc2cc(C(=O)c3ccc(C#N)cc3)oc12. The maximum absolute atomic E-state index is 12.4. The molecule has 0 spiro atoms. The first-order valence-corrected chi connectivity index (χ1v) is 7.12. The van der Waals surface area contributed by atoms with Crippen LogP contribution in [0, 0.1) is 18.3 Å². The largest absolute Gasteiger partial charge is 0.452 e. The van der Waals surface area contributed by atoms with E-state index >= 15 is 0 Å². The molecule has 4 heteroatoms. The molecule has 21 heavy (non-hydrogen) atoms. The van der Waals surface area contributed by atoms with Gasteiger partial charge in [0.05, 0.1) is 11.6 Å². The van der Waals surface area contributed by atoms with Crippen molar-refractivity contribution < 1.29 is 9.21 Å². The Labute approximate surface area is 129 Å². The highest BCUT2D eigenvalue weighted by molar-refractivity contribution is 9.10. The number of benzene rings is 2. The van der Waals surface area contributed by atoms with Gasteiger partial charge < -0.3 is 4.42 Å². The minimum Gasteiger partial charge on any atom is -0.452 e. The maximum atomic E-state index is 12.4. The lowest BCUT2D eigenvalue weighted by atomic mass is 10.1. The van der Waals surface area contributed by atoms with Crippen LogP contribution in [0.4, 0.5) is 0 Å². The molecule has 2 aromatic carbocycles. The van der Waals surface area contributed by atoms with Crippen LogP contribution in [0.5, 0.6) is 0 Å². The molecule has 0 saturated heterocycles. The Balaban J connectivity index is 2.05. The van der Waals surface area contributed by atoms with Crippen molar-refractivity contribution in [2.75, 3.05) is 0 Å². The fraction of sp³-hybridized carbons (Fsp3) is 0.0588. The van der Waals surface area contributed by atoms with E-state index in [1.807, 2.05) is 25.1 Å². The van der Waals surface area contributed by atoms with Gasteiger partial charge in [0.15, 0.2) is 5.76 Å². The number of halogens is 1. The lowest BCUT2D eigenvalue weighted by molar-refractivity contribution is 0.101. The van der Waals surface area contributed by atoms with Gasteiger partial charge >= 0.3 is 0 Å². The zero-order valence-electron chi connectivity index (χ0n) is 11.2. The van der Waals surface area contributed by atoms with Gasteiger partial charge in [-0.1, -0.05) is 15.9 Å². The third kappa shape index (κ3) is 2.48. The van der Waals surface area contributed by atoms with E-state index in [1.54, 1.807) is 30.3 Å². The monoisotopic (exact) mass is 339 g/mol. The molecule has 0 aliphatic rings. The number of fused-ring (bicyclic) bond motifs is 1. The quantitative estimate of drug-likeness (QED) is 0.640. The fourth-order valence-corrected chi connectivity index (χ4v) is 2.82. The summed E-state index contributed by atoms with van der Waals surface area (Å²) in [7, 11) is 0. The second-order valence-corrected chi connectivity index (χ2v) is 5.69. The summed E-state index contributed by atoms with van der Waals surface area (Å²) in [4.78, 5) is 12.4. The highest BCUT2D eigenvalue weighted by Gasteiger charge is 2.16. The molecule has 0 unspecified atom stereocenters. The Morgan fingerprint density at radius 2 is 1.90 bits per heavy atom. The van der Waals surface area contributed by atoms with Gasteiger partial charge in [0.25, 0.3) is 0 Å². The van der Waals surface area contributed by atoms with E-state index < -0.39 is 0 Å². The highest BCUT2D eigenvalue weighted by Crippen LogP contribution is 2.28. The molecule has 1 heterocycles. The minimum absolute atomic E-state index is 0.189. The average Bonchev–Trinajstić information content (AvgIpc) is 2.91. The third-order valence-corrected chi connectivity index (χ3v) is 3.72. The predicted octanol–water partition coefficient (Wildman–Crippen LogP) is 4.61. The molecule has 0 atom stereocenters. The Bertz CT molecular complexity index is 886. The van der Waals surface area contributed by atoms with E-state index in [2.05, 4.69) is 15.9 Å². The van der Waals surface area contributed by atoms with Crippen LogP contribution in [0.2, 0.25) is 0 Å². The molecule has 0 N–H and O–H groups in total. The van der Waals surface area contributed by atoms with Gasteiger partial charge in [-0.05, 0) is 55.0 Å². The van der Waals surface area contributed by atoms with E-state index in [-0.39, 0.29) is 5.78 Å². The van der Waals surface area contributed by atoms with Crippen molar-refractivity contribution in [3.63, 3.8) is 0 Å². The molecule has 0 radical (unpaired) electrons. The first-order chi connectivity index (χ1) is 10.1. The van der Waals surface area contributed by atoms with Crippen LogP contribution in [-0.4, -0.2) is 5.78 Å². The van der Waals surface area contributed by atoms with E-state index in [4.69, 9.17) is 9.68 Å². The normalized spacial score (nSPS) is 10.5. The first kappa shape index (κ1) is 13.6. The molecule has 0 amide bonds. The molecule has 3 nitrogen and oxygen atoms in total. The molecule has 0 saturated carbocycles. The Hall–Kier alpha value is -2.38. The number of aryl methyl sites for hydroxylation is 1. The molecule has 0 aliphatic carbocycles. The van der Waals surface area contributed by atoms with Crippen molar-refractivity contribution in [1.82, 2.24) is 0 Å². The molecule has 0 fully saturated rings. The second-order valence-electron chi connectivity index (χ2n) is 4.77. The number of furan rings is 1. The Morgan fingerprint density at radius 3 is 2.57 bits per heavy atom. The summed E-state index contributed by atoms with van der Waals surface area (Å²) in [5.41, 5.74) is 2.72. The number of hydrogen-bond acceptors (Lipinski definition) is 3. The lowest BCUT2D eigenvalue weighted by Gasteiger charge is -1.97. The van der Waals surface area contributed by atoms with Crippen molar-refractivity contribution in [3.05, 3.63) is 69.4 Å². The molecule has 0 bridgehead atoms. The summed E-state index contributed by atoms with van der Waals surface area (Å²) < 4.78 is 6.64. The Morgan fingerprint density at radius 1 is 1.19 bits per heavy atom. The molecular formula is C17H10BrNO2. The molecular weight excluding hydrogens is 330 g/mol. The molecule has 3 aromatic rings. The summed E-state index contributed by atoms with van der Waals surface area (Å²) >= 11 is 3.43. The number of nitriles is 1. The molecule has 0 aliphatic heterocycles. The van der Waals surface area contributed by atoms with Crippen molar-refractivity contribution in [2.24, 2.45) is 0 Å². The number of nitrogens with zero attached hydrogens (tertiary/aromatic N) is 1. The number of ketones is 1. The van der Waals surface area contributed by atoms with Gasteiger partial charge in [0.1, 0.15) is 5.58 Å². The second kappa shape index (κ2) is 5.19. The number of rotatable bonds is 2. The minimum atomic E-state index is -0.189. The van der Waals surface area contributed by atoms with Gasteiger partial charge in [0.2, 0.25) is 5.78 Å². The van der Waals surface area contributed by atoms with Crippen LogP contribution in [0.1, 0.15) is 27.2 Å². The average molecular weight is 340 g/mol. The van der Waals surface area contributed by atoms with E-state index in [0.717, 1.165) is 21.0 Å². The van der Waals surface area contributed by atoms with E-state index in [9.17, 15) is 4.79 Å². The summed E-state index contributed by atoms with van der Waals surface area (Å²) in [5, 5.41) is 9.67.